The van der Waals surface area contributed by atoms with E-state index in [2.05, 4.69) is 10.6 Å². The summed E-state index contributed by atoms with van der Waals surface area (Å²) in [5.41, 5.74) is 1.61. The normalized spacial score (nSPS) is 11.9. The summed E-state index contributed by atoms with van der Waals surface area (Å²) in [7, 11) is 0. The maximum absolute atomic E-state index is 11.5. The number of rotatable bonds is 2. The highest BCUT2D eigenvalue weighted by Crippen LogP contribution is 2.30. The number of para-hydroxylation sites is 2. The van der Waals surface area contributed by atoms with Crippen LogP contribution in [0.15, 0.2) is 35.7 Å². The van der Waals surface area contributed by atoms with Crippen LogP contribution >= 0.6 is 0 Å². The molecule has 5 nitrogen and oxygen atoms in total. The summed E-state index contributed by atoms with van der Waals surface area (Å²) >= 11 is 0. The third-order valence-electron chi connectivity index (χ3n) is 2.29. The fourth-order valence-electron chi connectivity index (χ4n) is 1.53. The molecule has 1 aromatic carbocycles. The van der Waals surface area contributed by atoms with Crippen molar-refractivity contribution in [3.8, 4) is 6.07 Å². The molecule has 0 atom stereocenters. The number of carbonyl (C=O) groups is 1. The molecular weight excluding hydrogens is 218 g/mol. The maximum atomic E-state index is 11.5. The number of hydrogen-bond acceptors (Lipinski definition) is 5. The van der Waals surface area contributed by atoms with Crippen LogP contribution in [0.1, 0.15) is 6.92 Å². The molecule has 0 amide bonds. The van der Waals surface area contributed by atoms with Crippen LogP contribution in [-0.2, 0) is 9.53 Å². The highest BCUT2D eigenvalue weighted by molar-refractivity contribution is 5.96. The van der Waals surface area contributed by atoms with Gasteiger partial charge in [0.2, 0.25) is 0 Å². The Labute approximate surface area is 98.7 Å². The first-order chi connectivity index (χ1) is 8.26. The quantitative estimate of drug-likeness (QED) is 0.459. The number of hydrogen-bond donors (Lipinski definition) is 2. The minimum absolute atomic E-state index is 0.0527. The predicted molar refractivity (Wildman–Crippen MR) is 63.0 cm³/mol. The number of carbonyl (C=O) groups excluding carboxylic acids is 1. The molecule has 0 fully saturated rings. The van der Waals surface area contributed by atoms with E-state index in [9.17, 15) is 4.79 Å². The van der Waals surface area contributed by atoms with Gasteiger partial charge in [0.25, 0.3) is 0 Å². The summed E-state index contributed by atoms with van der Waals surface area (Å²) in [5.74, 6) is -0.259. The van der Waals surface area contributed by atoms with Gasteiger partial charge < -0.3 is 15.4 Å². The van der Waals surface area contributed by atoms with Crippen LogP contribution in [0.25, 0.3) is 0 Å². The molecular formula is C12H11N3O2. The Morgan fingerprint density at radius 3 is 2.41 bits per heavy atom. The van der Waals surface area contributed by atoms with E-state index in [0.717, 1.165) is 11.4 Å². The number of nitrogens with zero attached hydrogens (tertiary/aromatic N) is 1. The van der Waals surface area contributed by atoms with Crippen molar-refractivity contribution in [2.24, 2.45) is 0 Å². The highest BCUT2D eigenvalue weighted by Gasteiger charge is 2.22. The number of fused-ring (bicyclic) bond motifs is 1. The van der Waals surface area contributed by atoms with Crippen LogP contribution in [0.2, 0.25) is 0 Å². The smallest absolute Gasteiger partial charge is 0.352 e. The second kappa shape index (κ2) is 4.58. The SMILES string of the molecule is CCOC(=O)C(C#N)=C1Nc2ccccc2N1. The van der Waals surface area contributed by atoms with Gasteiger partial charge in [-0.05, 0) is 19.1 Å². The van der Waals surface area contributed by atoms with E-state index in [-0.39, 0.29) is 12.2 Å². The summed E-state index contributed by atoms with van der Waals surface area (Å²) in [6, 6.07) is 9.29. The molecule has 0 aliphatic carbocycles. The Morgan fingerprint density at radius 2 is 1.94 bits per heavy atom. The van der Waals surface area contributed by atoms with E-state index in [0.29, 0.717) is 5.82 Å². The summed E-state index contributed by atoms with van der Waals surface area (Å²) in [6.07, 6.45) is 0. The van der Waals surface area contributed by atoms with Crippen LogP contribution in [0, 0.1) is 11.3 Å². The van der Waals surface area contributed by atoms with Crippen molar-refractivity contribution >= 4 is 17.3 Å². The molecule has 0 radical (unpaired) electrons. The van der Waals surface area contributed by atoms with Crippen molar-refractivity contribution in [1.82, 2.24) is 0 Å². The lowest BCUT2D eigenvalue weighted by molar-refractivity contribution is -0.138. The topological polar surface area (TPSA) is 74.2 Å². The van der Waals surface area contributed by atoms with Gasteiger partial charge in [0, 0.05) is 0 Å². The van der Waals surface area contributed by atoms with Gasteiger partial charge in [-0.2, -0.15) is 5.26 Å². The minimum atomic E-state index is -0.627. The molecule has 2 N–H and O–H groups in total. The Bertz CT molecular complexity index is 502. The molecule has 1 heterocycles. The third-order valence-corrected chi connectivity index (χ3v) is 2.29. The summed E-state index contributed by atoms with van der Waals surface area (Å²) in [5, 5.41) is 14.9. The number of ether oxygens (including phenoxy) is 1. The minimum Gasteiger partial charge on any atom is -0.462 e. The van der Waals surface area contributed by atoms with Crippen LogP contribution in [0.3, 0.4) is 0 Å². The molecule has 1 aliphatic heterocycles. The lowest BCUT2D eigenvalue weighted by Gasteiger charge is -2.04. The fourth-order valence-corrected chi connectivity index (χ4v) is 1.53. The molecule has 0 spiro atoms. The van der Waals surface area contributed by atoms with Gasteiger partial charge in [0.1, 0.15) is 11.9 Å². The van der Waals surface area contributed by atoms with Crippen LogP contribution < -0.4 is 10.6 Å². The first-order valence-electron chi connectivity index (χ1n) is 5.20. The zero-order valence-corrected chi connectivity index (χ0v) is 9.28. The molecule has 5 heteroatoms. The number of esters is 1. The molecule has 2 rings (SSSR count). The van der Waals surface area contributed by atoms with Gasteiger partial charge in [-0.1, -0.05) is 12.1 Å². The van der Waals surface area contributed by atoms with Gasteiger partial charge in [-0.3, -0.25) is 0 Å². The summed E-state index contributed by atoms with van der Waals surface area (Å²) < 4.78 is 4.81. The van der Waals surface area contributed by atoms with Crippen molar-refractivity contribution in [3.63, 3.8) is 0 Å². The molecule has 86 valence electrons. The standard InChI is InChI=1S/C12H11N3O2/c1-2-17-12(16)8(7-13)11-14-9-5-3-4-6-10(9)15-11/h3-6,14-15H,2H2,1H3. The first-order valence-corrected chi connectivity index (χ1v) is 5.20. The van der Waals surface area contributed by atoms with Crippen LogP contribution in [0.4, 0.5) is 11.4 Å². The van der Waals surface area contributed by atoms with Gasteiger partial charge in [0.15, 0.2) is 5.57 Å². The van der Waals surface area contributed by atoms with Gasteiger partial charge >= 0.3 is 5.97 Å². The van der Waals surface area contributed by atoms with Crippen molar-refractivity contribution in [3.05, 3.63) is 35.7 Å². The van der Waals surface area contributed by atoms with E-state index >= 15 is 0 Å². The van der Waals surface area contributed by atoms with Gasteiger partial charge in [0.05, 0.1) is 18.0 Å². The lowest BCUT2D eigenvalue weighted by Crippen LogP contribution is -2.14. The average molecular weight is 229 g/mol. The molecule has 0 aromatic heterocycles. The average Bonchev–Trinajstić information content (AvgIpc) is 2.73. The van der Waals surface area contributed by atoms with Crippen molar-refractivity contribution in [2.75, 3.05) is 17.2 Å². The highest BCUT2D eigenvalue weighted by atomic mass is 16.5. The summed E-state index contributed by atoms with van der Waals surface area (Å²) in [4.78, 5) is 11.5. The lowest BCUT2D eigenvalue weighted by atomic mass is 10.3. The number of anilines is 2. The van der Waals surface area contributed by atoms with Crippen LogP contribution in [0.5, 0.6) is 0 Å². The number of nitrogens with one attached hydrogen (secondary N) is 2. The molecule has 0 saturated heterocycles. The van der Waals surface area contributed by atoms with Gasteiger partial charge in [-0.15, -0.1) is 0 Å². The number of benzene rings is 1. The van der Waals surface area contributed by atoms with Crippen molar-refractivity contribution < 1.29 is 9.53 Å². The summed E-state index contributed by atoms with van der Waals surface area (Å²) in [6.45, 7) is 1.94. The van der Waals surface area contributed by atoms with Crippen LogP contribution in [-0.4, -0.2) is 12.6 Å². The van der Waals surface area contributed by atoms with E-state index in [1.54, 1.807) is 6.92 Å². The monoisotopic (exact) mass is 229 g/mol. The second-order valence-corrected chi connectivity index (χ2v) is 3.38. The van der Waals surface area contributed by atoms with E-state index in [1.165, 1.54) is 0 Å². The maximum Gasteiger partial charge on any atom is 0.352 e. The predicted octanol–water partition coefficient (Wildman–Crippen LogP) is 1.82. The molecule has 17 heavy (non-hydrogen) atoms. The molecule has 0 unspecified atom stereocenters. The Morgan fingerprint density at radius 1 is 1.35 bits per heavy atom. The van der Waals surface area contributed by atoms with Gasteiger partial charge in [-0.25, -0.2) is 4.79 Å². The zero-order valence-electron chi connectivity index (χ0n) is 9.28. The van der Waals surface area contributed by atoms with Crippen molar-refractivity contribution in [1.29, 1.82) is 5.26 Å². The van der Waals surface area contributed by atoms with E-state index < -0.39 is 5.97 Å². The molecule has 0 saturated carbocycles. The third kappa shape index (κ3) is 2.06. The fraction of sp³-hybridized carbons (Fsp3) is 0.167. The Kier molecular flexibility index (Phi) is 2.97. The Balaban J connectivity index is 2.30. The zero-order chi connectivity index (χ0) is 12.3. The van der Waals surface area contributed by atoms with E-state index in [1.807, 2.05) is 30.3 Å². The largest absolute Gasteiger partial charge is 0.462 e. The molecule has 1 aromatic rings. The molecule has 0 bridgehead atoms. The first kappa shape index (κ1) is 11.0. The Hall–Kier alpha value is -2.48. The second-order valence-electron chi connectivity index (χ2n) is 3.38. The number of nitriles is 1. The van der Waals surface area contributed by atoms with Crippen molar-refractivity contribution in [2.45, 2.75) is 6.92 Å². The molecule has 1 aliphatic rings. The van der Waals surface area contributed by atoms with E-state index in [4.69, 9.17) is 10.00 Å².